The van der Waals surface area contributed by atoms with Crippen LogP contribution in [0.4, 0.5) is 13.2 Å². The van der Waals surface area contributed by atoms with Crippen LogP contribution in [0.2, 0.25) is 0 Å². The Balaban J connectivity index is 2.51. The summed E-state index contributed by atoms with van der Waals surface area (Å²) in [6.45, 7) is 1.88. The van der Waals surface area contributed by atoms with Gasteiger partial charge in [0.05, 0.1) is 6.42 Å². The van der Waals surface area contributed by atoms with Crippen molar-refractivity contribution in [3.05, 3.63) is 35.6 Å². The summed E-state index contributed by atoms with van der Waals surface area (Å²) < 4.78 is 43.6. The van der Waals surface area contributed by atoms with Crippen molar-refractivity contribution in [3.8, 4) is 0 Å². The average molecular weight is 271 g/mol. The van der Waals surface area contributed by atoms with E-state index in [9.17, 15) is 13.2 Å². The second-order valence-electron chi connectivity index (χ2n) is 4.45. The Morgan fingerprint density at radius 1 is 1.26 bits per heavy atom. The van der Waals surface area contributed by atoms with Crippen molar-refractivity contribution in [1.82, 2.24) is 5.32 Å². The number of alkyl halides is 3. The van der Waals surface area contributed by atoms with Crippen molar-refractivity contribution in [3.63, 3.8) is 0 Å². The number of hydrogen-bond donors (Lipinski definition) is 1. The van der Waals surface area contributed by atoms with Crippen molar-refractivity contribution >= 4 is 11.0 Å². The summed E-state index contributed by atoms with van der Waals surface area (Å²) in [4.78, 5) is 0. The molecule has 0 aliphatic rings. The molecule has 1 aromatic carbocycles. The number of aryl methyl sites for hydroxylation is 1. The average Bonchev–Trinajstić information content (AvgIpc) is 2.73. The van der Waals surface area contributed by atoms with Gasteiger partial charge in [0.15, 0.2) is 0 Å². The first-order valence-corrected chi connectivity index (χ1v) is 6.20. The maximum absolute atomic E-state index is 12.6. The number of nitrogens with one attached hydrogen (secondary N) is 1. The number of furan rings is 1. The number of hydrogen-bond acceptors (Lipinski definition) is 2. The molecule has 0 fully saturated rings. The van der Waals surface area contributed by atoms with Gasteiger partial charge in [-0.15, -0.1) is 0 Å². The second kappa shape index (κ2) is 5.25. The summed E-state index contributed by atoms with van der Waals surface area (Å²) >= 11 is 0. The number of benzene rings is 1. The van der Waals surface area contributed by atoms with Crippen LogP contribution in [-0.2, 0) is 6.42 Å². The minimum absolute atomic E-state index is 0.569. The fourth-order valence-corrected chi connectivity index (χ4v) is 2.34. The Bertz CT molecular complexity index is 559. The highest BCUT2D eigenvalue weighted by atomic mass is 19.4. The van der Waals surface area contributed by atoms with Crippen molar-refractivity contribution in [1.29, 1.82) is 0 Å². The van der Waals surface area contributed by atoms with E-state index in [1.165, 1.54) is 7.05 Å². The molecule has 1 unspecified atom stereocenters. The molecule has 0 aliphatic carbocycles. The van der Waals surface area contributed by atoms with Crippen LogP contribution in [0.25, 0.3) is 11.0 Å². The fourth-order valence-electron chi connectivity index (χ4n) is 2.34. The van der Waals surface area contributed by atoms with Crippen LogP contribution in [0.5, 0.6) is 0 Å². The summed E-state index contributed by atoms with van der Waals surface area (Å²) in [6, 6.07) is 6.42. The van der Waals surface area contributed by atoms with Gasteiger partial charge in [-0.1, -0.05) is 25.1 Å². The molecule has 0 saturated heterocycles. The van der Waals surface area contributed by atoms with E-state index < -0.39 is 18.6 Å². The molecule has 0 saturated carbocycles. The van der Waals surface area contributed by atoms with E-state index >= 15 is 0 Å². The van der Waals surface area contributed by atoms with E-state index in [1.54, 1.807) is 18.2 Å². The summed E-state index contributed by atoms with van der Waals surface area (Å²) in [6.07, 6.45) is -4.54. The van der Waals surface area contributed by atoms with E-state index in [-0.39, 0.29) is 0 Å². The first-order chi connectivity index (χ1) is 8.96. The number of rotatable bonds is 4. The van der Waals surface area contributed by atoms with Gasteiger partial charge >= 0.3 is 6.18 Å². The summed E-state index contributed by atoms with van der Waals surface area (Å²) in [5, 5.41) is 3.50. The predicted octanol–water partition coefficient (Wildman–Crippen LogP) is 4.21. The van der Waals surface area contributed by atoms with Gasteiger partial charge in [0.1, 0.15) is 11.3 Å². The third-order valence-corrected chi connectivity index (χ3v) is 3.16. The summed E-state index contributed by atoms with van der Waals surface area (Å²) in [5.74, 6) is 0.616. The van der Waals surface area contributed by atoms with Gasteiger partial charge in [0.2, 0.25) is 0 Å². The molecule has 5 heteroatoms. The van der Waals surface area contributed by atoms with Crippen LogP contribution in [0, 0.1) is 0 Å². The van der Waals surface area contributed by atoms with Gasteiger partial charge in [0.25, 0.3) is 0 Å². The lowest BCUT2D eigenvalue weighted by molar-refractivity contribution is -0.140. The molecule has 0 radical (unpaired) electrons. The molecule has 2 rings (SSSR count). The van der Waals surface area contributed by atoms with Gasteiger partial charge in [0, 0.05) is 23.4 Å². The molecule has 1 aromatic heterocycles. The van der Waals surface area contributed by atoms with Gasteiger partial charge < -0.3 is 9.73 Å². The van der Waals surface area contributed by atoms with Crippen molar-refractivity contribution < 1.29 is 17.6 Å². The molecule has 1 atom stereocenters. The summed E-state index contributed by atoms with van der Waals surface area (Å²) in [7, 11) is 1.54. The molecule has 0 amide bonds. The standard InChI is InChI=1S/C14H16F3NO/c1-3-11-13(10(18-2)8-14(15,16)17)9-6-4-5-7-12(9)19-11/h4-7,10,18H,3,8H2,1-2H3. The zero-order valence-corrected chi connectivity index (χ0v) is 10.8. The molecule has 0 spiro atoms. The molecule has 0 bridgehead atoms. The Labute approximate surface area is 109 Å². The molecule has 1 N–H and O–H groups in total. The highest BCUT2D eigenvalue weighted by molar-refractivity contribution is 5.82. The maximum Gasteiger partial charge on any atom is 0.390 e. The minimum Gasteiger partial charge on any atom is -0.461 e. The zero-order chi connectivity index (χ0) is 14.0. The van der Waals surface area contributed by atoms with E-state index in [2.05, 4.69) is 5.32 Å². The minimum atomic E-state index is -4.21. The highest BCUT2D eigenvalue weighted by Gasteiger charge is 2.34. The molecule has 104 valence electrons. The monoisotopic (exact) mass is 271 g/mol. The maximum atomic E-state index is 12.6. The molecule has 19 heavy (non-hydrogen) atoms. The SMILES string of the molecule is CCc1oc2ccccc2c1C(CC(F)(F)F)NC. The molecule has 1 heterocycles. The largest absolute Gasteiger partial charge is 0.461 e. The Morgan fingerprint density at radius 3 is 2.53 bits per heavy atom. The smallest absolute Gasteiger partial charge is 0.390 e. The normalized spacial score (nSPS) is 13.9. The third-order valence-electron chi connectivity index (χ3n) is 3.16. The third kappa shape index (κ3) is 2.92. The predicted molar refractivity (Wildman–Crippen MR) is 68.1 cm³/mol. The molecular weight excluding hydrogens is 255 g/mol. The number of para-hydroxylation sites is 1. The Morgan fingerprint density at radius 2 is 1.95 bits per heavy atom. The topological polar surface area (TPSA) is 25.2 Å². The van der Waals surface area contributed by atoms with Crippen molar-refractivity contribution in [2.24, 2.45) is 0 Å². The quantitative estimate of drug-likeness (QED) is 0.901. The first kappa shape index (κ1) is 13.9. The fraction of sp³-hybridized carbons (Fsp3) is 0.429. The van der Waals surface area contributed by atoms with E-state index in [1.807, 2.05) is 13.0 Å². The molecule has 0 aliphatic heterocycles. The van der Waals surface area contributed by atoms with E-state index in [0.29, 0.717) is 23.3 Å². The van der Waals surface area contributed by atoms with Gasteiger partial charge in [-0.3, -0.25) is 0 Å². The van der Waals surface area contributed by atoms with Crippen LogP contribution < -0.4 is 5.32 Å². The molecular formula is C14H16F3NO. The van der Waals surface area contributed by atoms with Gasteiger partial charge in [-0.05, 0) is 13.1 Å². The van der Waals surface area contributed by atoms with Crippen molar-refractivity contribution in [2.45, 2.75) is 32.0 Å². The Kier molecular flexibility index (Phi) is 3.85. The van der Waals surface area contributed by atoms with Crippen LogP contribution >= 0.6 is 0 Å². The second-order valence-corrected chi connectivity index (χ2v) is 4.45. The van der Waals surface area contributed by atoms with Gasteiger partial charge in [-0.2, -0.15) is 13.2 Å². The lowest BCUT2D eigenvalue weighted by Crippen LogP contribution is -2.24. The van der Waals surface area contributed by atoms with Gasteiger partial charge in [-0.25, -0.2) is 0 Å². The van der Waals surface area contributed by atoms with Crippen LogP contribution in [0.3, 0.4) is 0 Å². The molecule has 2 aromatic rings. The Hall–Kier alpha value is -1.49. The summed E-state index contributed by atoms with van der Waals surface area (Å²) in [5.41, 5.74) is 1.26. The van der Waals surface area contributed by atoms with Crippen molar-refractivity contribution in [2.75, 3.05) is 7.05 Å². The zero-order valence-electron chi connectivity index (χ0n) is 10.8. The van der Waals surface area contributed by atoms with Crippen LogP contribution in [0.15, 0.2) is 28.7 Å². The molecule has 2 nitrogen and oxygen atoms in total. The van der Waals surface area contributed by atoms with Crippen LogP contribution in [-0.4, -0.2) is 13.2 Å². The lowest BCUT2D eigenvalue weighted by Gasteiger charge is -2.18. The van der Waals surface area contributed by atoms with E-state index in [0.717, 1.165) is 5.39 Å². The van der Waals surface area contributed by atoms with Crippen LogP contribution in [0.1, 0.15) is 30.7 Å². The number of halogens is 3. The first-order valence-electron chi connectivity index (χ1n) is 6.20. The number of fused-ring (bicyclic) bond motifs is 1. The van der Waals surface area contributed by atoms with E-state index in [4.69, 9.17) is 4.42 Å². The highest BCUT2D eigenvalue weighted by Crippen LogP contribution is 2.36. The lowest BCUT2D eigenvalue weighted by atomic mass is 9.99.